The van der Waals surface area contributed by atoms with Crippen molar-refractivity contribution in [1.82, 2.24) is 0 Å². The second-order valence-electron chi connectivity index (χ2n) is 7.34. The first kappa shape index (κ1) is 22.6. The van der Waals surface area contributed by atoms with E-state index in [4.69, 9.17) is 4.74 Å². The number of anilines is 1. The Morgan fingerprint density at radius 3 is 2.17 bits per heavy atom. The van der Waals surface area contributed by atoms with Gasteiger partial charge in [0.2, 0.25) is 0 Å². The van der Waals surface area contributed by atoms with Gasteiger partial charge in [-0.15, -0.1) is 11.8 Å². The van der Waals surface area contributed by atoms with Crippen molar-refractivity contribution in [2.24, 2.45) is 0 Å². The normalized spacial score (nSPS) is 14.0. The van der Waals surface area contributed by atoms with Gasteiger partial charge >= 0.3 is 0 Å². The lowest BCUT2D eigenvalue weighted by Crippen LogP contribution is -2.25. The molecule has 1 aliphatic rings. The van der Waals surface area contributed by atoms with Crippen LogP contribution in [0.15, 0.2) is 36.4 Å². The van der Waals surface area contributed by atoms with E-state index in [0.717, 1.165) is 61.0 Å². The van der Waals surface area contributed by atoms with Crippen LogP contribution >= 0.6 is 11.8 Å². The molecule has 2 aromatic carbocycles. The van der Waals surface area contributed by atoms with Crippen LogP contribution < -0.4 is 4.90 Å². The highest BCUT2D eigenvalue weighted by Gasteiger charge is 2.23. The molecule has 0 aromatic heterocycles. The monoisotopic (exact) mass is 435 g/mol. The Kier molecular flexibility index (Phi) is 8.14. The van der Waals surface area contributed by atoms with Crippen molar-refractivity contribution < 1.29 is 17.9 Å². The minimum absolute atomic E-state index is 0.0484. The summed E-state index contributed by atoms with van der Waals surface area (Å²) in [5.41, 5.74) is 1.99. The molecule has 0 unspecified atom stereocenters. The highest BCUT2D eigenvalue weighted by atomic mass is 32.2. The van der Waals surface area contributed by atoms with Crippen LogP contribution in [0.25, 0.3) is 10.7 Å². The van der Waals surface area contributed by atoms with Gasteiger partial charge < -0.3 is 9.64 Å². The molecule has 0 radical (unpaired) electrons. The summed E-state index contributed by atoms with van der Waals surface area (Å²) in [6, 6.07) is 9.58. The van der Waals surface area contributed by atoms with E-state index in [-0.39, 0.29) is 11.3 Å². The van der Waals surface area contributed by atoms with Crippen LogP contribution in [0, 0.1) is 17.5 Å². The van der Waals surface area contributed by atoms with Crippen LogP contribution in [0.2, 0.25) is 0 Å². The molecule has 2 aromatic rings. The number of benzene rings is 2. The lowest BCUT2D eigenvalue weighted by Gasteiger charge is -2.26. The van der Waals surface area contributed by atoms with Crippen molar-refractivity contribution in [1.29, 1.82) is 0 Å². The Bertz CT molecular complexity index is 875. The standard InChI is InChI=1S/C24H28F3NOS/c1-3-5-11-28(12-6-4-2)18-9-7-17(8-10-18)24-23(29-13-14-30-24)19-15-21(26)22(27)16-20(19)25/h7-10,15-16H,3-6,11-14H2,1-2H3. The molecule has 0 amide bonds. The molecule has 0 N–H and O–H groups in total. The molecule has 0 aliphatic carbocycles. The zero-order valence-electron chi connectivity index (χ0n) is 17.5. The number of hydrogen-bond acceptors (Lipinski definition) is 3. The number of thioether (sulfide) groups is 1. The van der Waals surface area contributed by atoms with Crippen LogP contribution in [0.1, 0.15) is 50.7 Å². The van der Waals surface area contributed by atoms with Gasteiger partial charge in [-0.3, -0.25) is 0 Å². The Morgan fingerprint density at radius 2 is 1.53 bits per heavy atom. The summed E-state index contributed by atoms with van der Waals surface area (Å²) in [5.74, 6) is -2.14. The lowest BCUT2D eigenvalue weighted by atomic mass is 10.1. The van der Waals surface area contributed by atoms with Crippen molar-refractivity contribution in [3.8, 4) is 0 Å². The van der Waals surface area contributed by atoms with E-state index >= 15 is 0 Å². The van der Waals surface area contributed by atoms with Crippen LogP contribution in [0.5, 0.6) is 0 Å². The summed E-state index contributed by atoms with van der Waals surface area (Å²) in [5, 5.41) is 0. The third kappa shape index (κ3) is 5.34. The SMILES string of the molecule is CCCCN(CCCC)c1ccc(C2=C(c3cc(F)c(F)cc3F)OCCS2)cc1. The van der Waals surface area contributed by atoms with Crippen molar-refractivity contribution in [2.75, 3.05) is 30.3 Å². The number of rotatable bonds is 9. The van der Waals surface area contributed by atoms with E-state index in [9.17, 15) is 13.2 Å². The number of nitrogens with zero attached hydrogens (tertiary/aromatic N) is 1. The lowest BCUT2D eigenvalue weighted by molar-refractivity contribution is 0.299. The molecule has 0 atom stereocenters. The van der Waals surface area contributed by atoms with Crippen molar-refractivity contribution in [3.05, 3.63) is 65.0 Å². The average molecular weight is 436 g/mol. The van der Waals surface area contributed by atoms with Gasteiger partial charge in [0.25, 0.3) is 0 Å². The molecular weight excluding hydrogens is 407 g/mol. The second kappa shape index (κ2) is 10.8. The molecule has 30 heavy (non-hydrogen) atoms. The fourth-order valence-corrected chi connectivity index (χ4v) is 4.39. The molecule has 6 heteroatoms. The van der Waals surface area contributed by atoms with E-state index < -0.39 is 17.5 Å². The maximum absolute atomic E-state index is 14.4. The summed E-state index contributed by atoms with van der Waals surface area (Å²) in [6.07, 6.45) is 4.56. The first-order valence-electron chi connectivity index (χ1n) is 10.5. The Morgan fingerprint density at radius 1 is 0.900 bits per heavy atom. The fourth-order valence-electron chi connectivity index (χ4n) is 3.42. The maximum Gasteiger partial charge on any atom is 0.161 e. The Labute approximate surface area is 181 Å². The summed E-state index contributed by atoms with van der Waals surface area (Å²) in [4.78, 5) is 3.14. The molecule has 2 nitrogen and oxygen atoms in total. The van der Waals surface area contributed by atoms with Crippen molar-refractivity contribution >= 4 is 28.1 Å². The molecule has 3 rings (SSSR count). The summed E-state index contributed by atoms with van der Waals surface area (Å²) < 4.78 is 47.2. The van der Waals surface area contributed by atoms with E-state index in [0.29, 0.717) is 18.4 Å². The van der Waals surface area contributed by atoms with E-state index in [1.165, 1.54) is 11.8 Å². The number of halogens is 3. The van der Waals surface area contributed by atoms with Gasteiger partial charge in [-0.25, -0.2) is 13.2 Å². The topological polar surface area (TPSA) is 12.5 Å². The van der Waals surface area contributed by atoms with E-state index in [1.807, 2.05) is 12.1 Å². The molecule has 1 aliphatic heterocycles. The first-order valence-corrected chi connectivity index (χ1v) is 11.5. The second-order valence-corrected chi connectivity index (χ2v) is 8.45. The quantitative estimate of drug-likeness (QED) is 0.390. The zero-order chi connectivity index (χ0) is 21.5. The predicted octanol–water partition coefficient (Wildman–Crippen LogP) is 7.10. The molecular formula is C24H28F3NOS. The highest BCUT2D eigenvalue weighted by Crippen LogP contribution is 2.40. The van der Waals surface area contributed by atoms with Crippen LogP contribution in [0.4, 0.5) is 18.9 Å². The van der Waals surface area contributed by atoms with Gasteiger partial charge in [0.1, 0.15) is 11.6 Å². The summed E-state index contributed by atoms with van der Waals surface area (Å²) in [6.45, 7) is 6.80. The molecule has 0 bridgehead atoms. The number of ether oxygens (including phenoxy) is 1. The maximum atomic E-state index is 14.4. The van der Waals surface area contributed by atoms with Gasteiger partial charge in [0.15, 0.2) is 11.6 Å². The summed E-state index contributed by atoms with van der Waals surface area (Å²) in [7, 11) is 0. The highest BCUT2D eigenvalue weighted by molar-refractivity contribution is 8.08. The van der Waals surface area contributed by atoms with Gasteiger partial charge in [0.05, 0.1) is 17.1 Å². The zero-order valence-corrected chi connectivity index (χ0v) is 18.3. The third-order valence-electron chi connectivity index (χ3n) is 5.09. The van der Waals surface area contributed by atoms with Gasteiger partial charge in [-0.05, 0) is 36.6 Å². The van der Waals surface area contributed by atoms with Gasteiger partial charge in [-0.1, -0.05) is 38.8 Å². The first-order chi connectivity index (χ1) is 14.5. The molecule has 162 valence electrons. The average Bonchev–Trinajstić information content (AvgIpc) is 2.77. The molecule has 0 saturated carbocycles. The molecule has 0 saturated heterocycles. The van der Waals surface area contributed by atoms with Gasteiger partial charge in [-0.2, -0.15) is 0 Å². The number of unbranched alkanes of at least 4 members (excludes halogenated alkanes) is 2. The van der Waals surface area contributed by atoms with Gasteiger partial charge in [0, 0.05) is 30.6 Å². The Balaban J connectivity index is 1.93. The number of hydrogen-bond donors (Lipinski definition) is 0. The predicted molar refractivity (Wildman–Crippen MR) is 120 cm³/mol. The minimum atomic E-state index is -1.20. The van der Waals surface area contributed by atoms with Crippen LogP contribution in [0.3, 0.4) is 0 Å². The van der Waals surface area contributed by atoms with Crippen molar-refractivity contribution in [2.45, 2.75) is 39.5 Å². The van der Waals surface area contributed by atoms with Crippen molar-refractivity contribution in [3.63, 3.8) is 0 Å². The smallest absolute Gasteiger partial charge is 0.161 e. The summed E-state index contributed by atoms with van der Waals surface area (Å²) >= 11 is 1.54. The van der Waals surface area contributed by atoms with Crippen LogP contribution in [-0.4, -0.2) is 25.4 Å². The molecule has 0 spiro atoms. The largest absolute Gasteiger partial charge is 0.491 e. The van der Waals surface area contributed by atoms with E-state index in [1.54, 1.807) is 0 Å². The Hall–Kier alpha value is -2.08. The minimum Gasteiger partial charge on any atom is -0.491 e. The molecule has 0 fully saturated rings. The third-order valence-corrected chi connectivity index (χ3v) is 6.18. The van der Waals surface area contributed by atoms with E-state index in [2.05, 4.69) is 30.9 Å². The molecule has 1 heterocycles. The fraction of sp³-hybridized carbons (Fsp3) is 0.417. The van der Waals surface area contributed by atoms with Crippen LogP contribution in [-0.2, 0) is 4.74 Å².